The summed E-state index contributed by atoms with van der Waals surface area (Å²) in [5.74, 6) is 1.42. The van der Waals surface area contributed by atoms with Gasteiger partial charge < -0.3 is 9.15 Å². The molecule has 4 aromatic rings. The maximum Gasteiger partial charge on any atom is 0.228 e. The van der Waals surface area contributed by atoms with E-state index in [1.165, 1.54) is 11.1 Å². The standard InChI is InChI=1S/C24H21NO2S2/c1-16-4-12-20(13-5-16)28-23-24(29-21-14-6-17(2)7-15-21)27-22(25-23)18-8-10-19(26-3)11-9-18/h4-15H,1-3H3. The Kier molecular flexibility index (Phi) is 5.97. The van der Waals surface area contributed by atoms with E-state index in [0.29, 0.717) is 5.89 Å². The molecule has 146 valence electrons. The van der Waals surface area contributed by atoms with Gasteiger partial charge in [-0.05, 0) is 74.1 Å². The monoisotopic (exact) mass is 419 g/mol. The maximum atomic E-state index is 6.19. The largest absolute Gasteiger partial charge is 0.497 e. The Labute approximate surface area is 179 Å². The molecule has 0 N–H and O–H groups in total. The highest BCUT2D eigenvalue weighted by Crippen LogP contribution is 2.41. The first-order valence-corrected chi connectivity index (χ1v) is 10.9. The molecule has 0 aliphatic carbocycles. The molecule has 3 nitrogen and oxygen atoms in total. The lowest BCUT2D eigenvalue weighted by Gasteiger charge is -2.02. The molecule has 3 aromatic carbocycles. The van der Waals surface area contributed by atoms with Crippen LogP contribution in [0.25, 0.3) is 11.5 Å². The third-order valence-electron chi connectivity index (χ3n) is 4.37. The number of nitrogens with zero attached hydrogens (tertiary/aromatic N) is 1. The lowest BCUT2D eigenvalue weighted by atomic mass is 10.2. The van der Waals surface area contributed by atoms with Crippen molar-refractivity contribution in [2.45, 2.75) is 33.8 Å². The van der Waals surface area contributed by atoms with Crippen molar-refractivity contribution in [1.82, 2.24) is 4.98 Å². The first-order valence-electron chi connectivity index (χ1n) is 9.25. The molecule has 0 aliphatic rings. The fourth-order valence-electron chi connectivity index (χ4n) is 2.71. The highest BCUT2D eigenvalue weighted by molar-refractivity contribution is 8.02. The second kappa shape index (κ2) is 8.80. The van der Waals surface area contributed by atoms with Crippen molar-refractivity contribution in [2.75, 3.05) is 7.11 Å². The van der Waals surface area contributed by atoms with Gasteiger partial charge in [-0.2, -0.15) is 0 Å². The zero-order chi connectivity index (χ0) is 20.2. The Morgan fingerprint density at radius 2 is 1.28 bits per heavy atom. The van der Waals surface area contributed by atoms with E-state index >= 15 is 0 Å². The summed E-state index contributed by atoms with van der Waals surface area (Å²) >= 11 is 3.21. The highest BCUT2D eigenvalue weighted by atomic mass is 32.2. The molecule has 0 amide bonds. The molecule has 0 fully saturated rings. The van der Waals surface area contributed by atoms with Gasteiger partial charge in [-0.25, -0.2) is 4.98 Å². The number of hydrogen-bond acceptors (Lipinski definition) is 5. The molecule has 4 rings (SSSR count). The average molecular weight is 420 g/mol. The first-order chi connectivity index (χ1) is 14.1. The van der Waals surface area contributed by atoms with Crippen molar-refractivity contribution in [2.24, 2.45) is 0 Å². The number of ether oxygens (including phenoxy) is 1. The minimum atomic E-state index is 0.608. The summed E-state index contributed by atoms with van der Waals surface area (Å²) in [6.07, 6.45) is 0. The smallest absolute Gasteiger partial charge is 0.228 e. The molecule has 0 saturated carbocycles. The van der Waals surface area contributed by atoms with Crippen LogP contribution in [-0.2, 0) is 0 Å². The summed E-state index contributed by atoms with van der Waals surface area (Å²) in [4.78, 5) is 7.06. The molecule has 0 aliphatic heterocycles. The molecule has 1 heterocycles. The summed E-state index contributed by atoms with van der Waals surface area (Å²) in [6, 6.07) is 24.6. The predicted molar refractivity (Wildman–Crippen MR) is 119 cm³/mol. The molecule has 1 aromatic heterocycles. The number of methoxy groups -OCH3 is 1. The summed E-state index contributed by atoms with van der Waals surface area (Å²) in [5.41, 5.74) is 3.40. The molecule has 5 heteroatoms. The third-order valence-corrected chi connectivity index (χ3v) is 6.45. The van der Waals surface area contributed by atoms with E-state index in [1.807, 2.05) is 24.3 Å². The molecule has 0 atom stereocenters. The Hall–Kier alpha value is -2.63. The quantitative estimate of drug-likeness (QED) is 0.328. The van der Waals surface area contributed by atoms with Gasteiger partial charge in [-0.1, -0.05) is 47.2 Å². The molecule has 0 saturated heterocycles. The van der Waals surface area contributed by atoms with E-state index < -0.39 is 0 Å². The molecule has 0 radical (unpaired) electrons. The minimum absolute atomic E-state index is 0.608. The molecule has 0 bridgehead atoms. The molecular formula is C24H21NO2S2. The van der Waals surface area contributed by atoms with E-state index in [1.54, 1.807) is 30.6 Å². The van der Waals surface area contributed by atoms with Crippen LogP contribution in [0, 0.1) is 13.8 Å². The van der Waals surface area contributed by atoms with Gasteiger partial charge >= 0.3 is 0 Å². The van der Waals surface area contributed by atoms with Crippen LogP contribution < -0.4 is 4.74 Å². The second-order valence-corrected chi connectivity index (χ2v) is 8.78. The van der Waals surface area contributed by atoms with E-state index in [0.717, 1.165) is 31.2 Å². The van der Waals surface area contributed by atoms with Crippen LogP contribution in [-0.4, -0.2) is 12.1 Å². The Morgan fingerprint density at radius 3 is 1.83 bits per heavy atom. The number of oxazole rings is 1. The fraction of sp³-hybridized carbons (Fsp3) is 0.125. The topological polar surface area (TPSA) is 35.3 Å². The number of aromatic nitrogens is 1. The van der Waals surface area contributed by atoms with Gasteiger partial charge in [0.05, 0.1) is 7.11 Å². The van der Waals surface area contributed by atoms with Crippen molar-refractivity contribution < 1.29 is 9.15 Å². The fourth-order valence-corrected chi connectivity index (χ4v) is 4.45. The van der Waals surface area contributed by atoms with Crippen molar-refractivity contribution >= 4 is 23.5 Å². The first kappa shape index (κ1) is 19.7. The van der Waals surface area contributed by atoms with Gasteiger partial charge in [0.15, 0.2) is 10.1 Å². The summed E-state index contributed by atoms with van der Waals surface area (Å²) in [7, 11) is 1.66. The summed E-state index contributed by atoms with van der Waals surface area (Å²) in [6.45, 7) is 4.17. The van der Waals surface area contributed by atoms with Crippen molar-refractivity contribution in [3.63, 3.8) is 0 Å². The van der Waals surface area contributed by atoms with Gasteiger partial charge in [-0.15, -0.1) is 0 Å². The molecule has 29 heavy (non-hydrogen) atoms. The van der Waals surface area contributed by atoms with Crippen LogP contribution in [0.15, 0.2) is 97.1 Å². The zero-order valence-electron chi connectivity index (χ0n) is 16.5. The van der Waals surface area contributed by atoms with Gasteiger partial charge in [0.25, 0.3) is 0 Å². The van der Waals surface area contributed by atoms with E-state index in [4.69, 9.17) is 14.1 Å². The SMILES string of the molecule is COc1ccc(-c2nc(Sc3ccc(C)cc3)c(Sc3ccc(C)cc3)o2)cc1. The summed E-state index contributed by atoms with van der Waals surface area (Å²) < 4.78 is 11.4. The Balaban J connectivity index is 1.68. The van der Waals surface area contributed by atoms with Gasteiger partial charge in [0.1, 0.15) is 5.75 Å². The normalized spacial score (nSPS) is 10.9. The number of benzene rings is 3. The van der Waals surface area contributed by atoms with Gasteiger partial charge in [0, 0.05) is 15.4 Å². The van der Waals surface area contributed by atoms with Crippen LogP contribution in [0.4, 0.5) is 0 Å². The van der Waals surface area contributed by atoms with E-state index in [-0.39, 0.29) is 0 Å². The van der Waals surface area contributed by atoms with Crippen LogP contribution in [0.5, 0.6) is 5.75 Å². The zero-order valence-corrected chi connectivity index (χ0v) is 18.1. The minimum Gasteiger partial charge on any atom is -0.497 e. The Morgan fingerprint density at radius 1 is 0.724 bits per heavy atom. The number of aryl methyl sites for hydroxylation is 2. The third kappa shape index (κ3) is 4.86. The van der Waals surface area contributed by atoms with Gasteiger partial charge in [0.2, 0.25) is 5.89 Å². The van der Waals surface area contributed by atoms with Crippen molar-refractivity contribution in [1.29, 1.82) is 0 Å². The van der Waals surface area contributed by atoms with Crippen LogP contribution in [0.3, 0.4) is 0 Å². The van der Waals surface area contributed by atoms with Crippen molar-refractivity contribution in [3.8, 4) is 17.2 Å². The van der Waals surface area contributed by atoms with Crippen molar-refractivity contribution in [3.05, 3.63) is 83.9 Å². The maximum absolute atomic E-state index is 6.19. The lowest BCUT2D eigenvalue weighted by Crippen LogP contribution is -1.83. The summed E-state index contributed by atoms with van der Waals surface area (Å²) in [5, 5.41) is 1.66. The highest BCUT2D eigenvalue weighted by Gasteiger charge is 2.17. The van der Waals surface area contributed by atoms with E-state index in [2.05, 4.69) is 62.4 Å². The molecule has 0 spiro atoms. The van der Waals surface area contributed by atoms with Gasteiger partial charge in [-0.3, -0.25) is 0 Å². The lowest BCUT2D eigenvalue weighted by molar-refractivity contribution is 0.414. The average Bonchev–Trinajstić information content (AvgIpc) is 3.13. The second-order valence-electron chi connectivity index (χ2n) is 6.67. The number of rotatable bonds is 6. The van der Waals surface area contributed by atoms with Crippen LogP contribution in [0.1, 0.15) is 11.1 Å². The number of hydrogen-bond donors (Lipinski definition) is 0. The Bertz CT molecular complexity index is 1020. The van der Waals surface area contributed by atoms with Crippen LogP contribution >= 0.6 is 23.5 Å². The molecular weight excluding hydrogens is 398 g/mol. The van der Waals surface area contributed by atoms with Crippen LogP contribution in [0.2, 0.25) is 0 Å². The predicted octanol–water partition coefficient (Wildman–Crippen LogP) is 7.27. The van der Waals surface area contributed by atoms with E-state index in [9.17, 15) is 0 Å². The molecule has 0 unspecified atom stereocenters.